The van der Waals surface area contributed by atoms with Crippen molar-refractivity contribution < 1.29 is 13.0 Å². The molecule has 1 aromatic carbocycles. The molecule has 0 aliphatic carbocycles. The van der Waals surface area contributed by atoms with Crippen molar-refractivity contribution in [2.24, 2.45) is 5.73 Å². The molecule has 0 aliphatic heterocycles. The maximum Gasteiger partial charge on any atom is 0.142 e. The maximum atomic E-state index is 13.2. The fourth-order valence-corrected chi connectivity index (χ4v) is 2.45. The number of hydrogen-bond acceptors (Lipinski definition) is 2. The van der Waals surface area contributed by atoms with Crippen molar-refractivity contribution in [3.63, 3.8) is 0 Å². The van der Waals surface area contributed by atoms with E-state index in [2.05, 4.69) is 0 Å². The van der Waals surface area contributed by atoms with E-state index in [-0.39, 0.29) is 10.9 Å². The second kappa shape index (κ2) is 6.06. The van der Waals surface area contributed by atoms with Crippen LogP contribution < -0.4 is 5.73 Å². The predicted molar refractivity (Wildman–Crippen MR) is 60.5 cm³/mol. The van der Waals surface area contributed by atoms with E-state index in [9.17, 15) is 13.0 Å². The Morgan fingerprint density at radius 2 is 2.12 bits per heavy atom. The molecule has 2 unspecified atom stereocenters. The Bertz CT molecular complexity index is 382. The summed E-state index contributed by atoms with van der Waals surface area (Å²) in [5.74, 6) is -1.06. The fraction of sp³-hybridized carbons (Fsp3) is 0.455. The minimum absolute atomic E-state index is 0.0510. The summed E-state index contributed by atoms with van der Waals surface area (Å²) >= 11 is 0. The smallest absolute Gasteiger partial charge is 0.142 e. The van der Waals surface area contributed by atoms with Crippen molar-refractivity contribution in [1.29, 1.82) is 0 Å². The van der Waals surface area contributed by atoms with Crippen molar-refractivity contribution in [2.45, 2.75) is 30.7 Å². The van der Waals surface area contributed by atoms with Crippen molar-refractivity contribution in [2.75, 3.05) is 5.75 Å². The van der Waals surface area contributed by atoms with Gasteiger partial charge in [-0.25, -0.2) is 8.78 Å². The van der Waals surface area contributed by atoms with Gasteiger partial charge in [-0.15, -0.1) is 0 Å². The number of rotatable bonds is 5. The molecule has 5 heteroatoms. The molecule has 0 amide bonds. The highest BCUT2D eigenvalue weighted by Gasteiger charge is 2.10. The lowest BCUT2D eigenvalue weighted by Gasteiger charge is -2.05. The molecule has 0 aliphatic rings. The predicted octanol–water partition coefficient (Wildman–Crippen LogP) is 2.20. The minimum Gasteiger partial charge on any atom is -0.328 e. The molecule has 1 aromatic rings. The molecule has 1 rings (SSSR count). The van der Waals surface area contributed by atoms with Gasteiger partial charge in [0.25, 0.3) is 0 Å². The van der Waals surface area contributed by atoms with E-state index in [4.69, 9.17) is 5.73 Å². The third-order valence-corrected chi connectivity index (χ3v) is 3.61. The molecule has 0 spiro atoms. The van der Waals surface area contributed by atoms with E-state index >= 15 is 0 Å². The van der Waals surface area contributed by atoms with Gasteiger partial charge in [0.05, 0.1) is 15.7 Å². The molecule has 90 valence electrons. The van der Waals surface area contributed by atoms with Crippen molar-refractivity contribution in [1.82, 2.24) is 0 Å². The standard InChI is InChI=1S/C11H15F2NOS/c1-8(14)3-2-6-16(15)11-5-4-9(12)7-10(11)13/h4-5,7-8H,2-3,6,14H2,1H3. The van der Waals surface area contributed by atoms with Crippen molar-refractivity contribution in [3.8, 4) is 0 Å². The second-order valence-electron chi connectivity index (χ2n) is 3.74. The van der Waals surface area contributed by atoms with Crippen LogP contribution in [0.1, 0.15) is 19.8 Å². The summed E-state index contributed by atoms with van der Waals surface area (Å²) in [4.78, 5) is 0.0612. The lowest BCUT2D eigenvalue weighted by atomic mass is 10.2. The first-order valence-corrected chi connectivity index (χ1v) is 6.41. The van der Waals surface area contributed by atoms with E-state index in [1.165, 1.54) is 6.07 Å². The first-order valence-electron chi connectivity index (χ1n) is 5.09. The normalized spacial score (nSPS) is 14.8. The Balaban J connectivity index is 2.59. The molecular formula is C11H15F2NOS. The van der Waals surface area contributed by atoms with Crippen LogP contribution >= 0.6 is 0 Å². The molecule has 16 heavy (non-hydrogen) atoms. The highest BCUT2D eigenvalue weighted by Crippen LogP contribution is 2.15. The Labute approximate surface area is 96.3 Å². The average Bonchev–Trinajstić information content (AvgIpc) is 2.16. The van der Waals surface area contributed by atoms with Crippen LogP contribution in [0.3, 0.4) is 0 Å². The zero-order valence-electron chi connectivity index (χ0n) is 9.08. The molecule has 0 aromatic heterocycles. The van der Waals surface area contributed by atoms with E-state index in [0.29, 0.717) is 12.2 Å². The molecule has 0 fully saturated rings. The summed E-state index contributed by atoms with van der Waals surface area (Å²) < 4.78 is 37.5. The summed E-state index contributed by atoms with van der Waals surface area (Å²) in [6.45, 7) is 1.86. The van der Waals surface area contributed by atoms with Gasteiger partial charge in [0.1, 0.15) is 11.6 Å². The Hall–Kier alpha value is -0.810. The van der Waals surface area contributed by atoms with Gasteiger partial charge in [0.15, 0.2) is 0 Å². The minimum atomic E-state index is -1.42. The molecule has 2 N–H and O–H groups in total. The summed E-state index contributed by atoms with van der Waals surface area (Å²) in [6.07, 6.45) is 1.41. The Kier molecular flexibility index (Phi) is 5.02. The van der Waals surface area contributed by atoms with E-state index in [1.807, 2.05) is 6.92 Å². The zero-order valence-corrected chi connectivity index (χ0v) is 9.90. The lowest BCUT2D eigenvalue weighted by Crippen LogP contribution is -2.15. The van der Waals surface area contributed by atoms with Gasteiger partial charge in [-0.1, -0.05) is 0 Å². The van der Waals surface area contributed by atoms with E-state index in [0.717, 1.165) is 18.6 Å². The van der Waals surface area contributed by atoms with E-state index < -0.39 is 22.4 Å². The topological polar surface area (TPSA) is 43.1 Å². The van der Waals surface area contributed by atoms with Gasteiger partial charge in [0.2, 0.25) is 0 Å². The number of benzene rings is 1. The van der Waals surface area contributed by atoms with Gasteiger partial charge >= 0.3 is 0 Å². The molecular weight excluding hydrogens is 232 g/mol. The highest BCUT2D eigenvalue weighted by atomic mass is 32.2. The maximum absolute atomic E-state index is 13.2. The molecule has 0 saturated carbocycles. The lowest BCUT2D eigenvalue weighted by molar-refractivity contribution is 0.561. The van der Waals surface area contributed by atoms with Crippen LogP contribution in [-0.4, -0.2) is 16.0 Å². The van der Waals surface area contributed by atoms with Crippen LogP contribution in [0.15, 0.2) is 23.1 Å². The average molecular weight is 247 g/mol. The first-order chi connectivity index (χ1) is 7.50. The molecule has 0 saturated heterocycles. The van der Waals surface area contributed by atoms with Crippen LogP contribution in [0.25, 0.3) is 0 Å². The van der Waals surface area contributed by atoms with Crippen LogP contribution in [0.4, 0.5) is 8.78 Å². The third kappa shape index (κ3) is 3.98. The van der Waals surface area contributed by atoms with E-state index in [1.54, 1.807) is 0 Å². The number of nitrogens with two attached hydrogens (primary N) is 1. The number of halogens is 2. The first kappa shape index (κ1) is 13.3. The van der Waals surface area contributed by atoms with Crippen LogP contribution in [-0.2, 0) is 10.8 Å². The molecule has 0 bridgehead atoms. The summed E-state index contributed by atoms with van der Waals surface area (Å²) in [5, 5.41) is 0. The Morgan fingerprint density at radius 3 is 2.69 bits per heavy atom. The fourth-order valence-electron chi connectivity index (χ4n) is 1.31. The zero-order chi connectivity index (χ0) is 12.1. The molecule has 0 radical (unpaired) electrons. The van der Waals surface area contributed by atoms with Crippen molar-refractivity contribution in [3.05, 3.63) is 29.8 Å². The van der Waals surface area contributed by atoms with Gasteiger partial charge in [-0.3, -0.25) is 4.21 Å². The molecule has 2 nitrogen and oxygen atoms in total. The number of hydrogen-bond donors (Lipinski definition) is 1. The van der Waals surface area contributed by atoms with Gasteiger partial charge in [-0.05, 0) is 31.9 Å². The third-order valence-electron chi connectivity index (χ3n) is 2.13. The summed E-state index contributed by atoms with van der Waals surface area (Å²) in [6, 6.07) is 3.14. The van der Waals surface area contributed by atoms with Crippen molar-refractivity contribution >= 4 is 10.8 Å². The summed E-state index contributed by atoms with van der Waals surface area (Å²) in [5.41, 5.74) is 5.54. The second-order valence-corrected chi connectivity index (χ2v) is 5.28. The molecule has 2 atom stereocenters. The quantitative estimate of drug-likeness (QED) is 0.866. The van der Waals surface area contributed by atoms with Gasteiger partial charge < -0.3 is 5.73 Å². The summed E-state index contributed by atoms with van der Waals surface area (Å²) in [7, 11) is -1.42. The van der Waals surface area contributed by atoms with Crippen LogP contribution in [0.2, 0.25) is 0 Å². The van der Waals surface area contributed by atoms with Gasteiger partial charge in [-0.2, -0.15) is 0 Å². The SMILES string of the molecule is CC(N)CCCS(=O)c1ccc(F)cc1F. The Morgan fingerprint density at radius 1 is 1.44 bits per heavy atom. The van der Waals surface area contributed by atoms with Crippen LogP contribution in [0, 0.1) is 11.6 Å². The van der Waals surface area contributed by atoms with Gasteiger partial charge in [0, 0.05) is 17.9 Å². The monoisotopic (exact) mass is 247 g/mol. The van der Waals surface area contributed by atoms with Crippen LogP contribution in [0.5, 0.6) is 0 Å². The molecule has 0 heterocycles. The highest BCUT2D eigenvalue weighted by molar-refractivity contribution is 7.85. The largest absolute Gasteiger partial charge is 0.328 e.